The van der Waals surface area contributed by atoms with Gasteiger partial charge in [0.2, 0.25) is 5.91 Å². The third-order valence-electron chi connectivity index (χ3n) is 2.88. The van der Waals surface area contributed by atoms with Crippen LogP contribution in [-0.4, -0.2) is 35.5 Å². The van der Waals surface area contributed by atoms with Gasteiger partial charge >= 0.3 is 5.97 Å². The summed E-state index contributed by atoms with van der Waals surface area (Å²) < 4.78 is 5.05. The molecule has 0 saturated heterocycles. The summed E-state index contributed by atoms with van der Waals surface area (Å²) >= 11 is 0. The lowest BCUT2D eigenvalue weighted by Crippen LogP contribution is -2.25. The maximum Gasteiger partial charge on any atom is 0.341 e. The Morgan fingerprint density at radius 3 is 2.45 bits per heavy atom. The molecule has 0 spiro atoms. The summed E-state index contributed by atoms with van der Waals surface area (Å²) in [5, 5.41) is 8.51. The molecule has 0 aliphatic rings. The fourth-order valence-electron chi connectivity index (χ4n) is 1.72. The normalized spacial score (nSPS) is 10.1. The predicted octanol–water partition coefficient (Wildman–Crippen LogP) is 2.30. The lowest BCUT2D eigenvalue weighted by molar-refractivity contribution is -0.139. The second kappa shape index (κ2) is 8.19. The number of unbranched alkanes of at least 4 members (excludes halogenated alkanes) is 1. The third kappa shape index (κ3) is 5.73. The average Bonchev–Trinajstić information content (AvgIpc) is 2.43. The zero-order chi connectivity index (χ0) is 15.0. The number of benzene rings is 1. The molecule has 0 aliphatic carbocycles. The number of aliphatic carboxylic acids is 1. The van der Waals surface area contributed by atoms with Crippen molar-refractivity contribution in [3.63, 3.8) is 0 Å². The average molecular weight is 279 g/mol. The van der Waals surface area contributed by atoms with Crippen molar-refractivity contribution < 1.29 is 19.4 Å². The molecule has 0 atom stereocenters. The Kier molecular flexibility index (Phi) is 6.56. The third-order valence-corrected chi connectivity index (χ3v) is 2.88. The van der Waals surface area contributed by atoms with Gasteiger partial charge in [0.1, 0.15) is 5.75 Å². The molecule has 20 heavy (non-hydrogen) atoms. The molecule has 1 aromatic rings. The number of carboxylic acids is 1. The molecule has 110 valence electrons. The van der Waals surface area contributed by atoms with Gasteiger partial charge < -0.3 is 14.7 Å². The highest BCUT2D eigenvalue weighted by molar-refractivity contribution is 5.75. The van der Waals surface area contributed by atoms with Crippen LogP contribution in [0.2, 0.25) is 0 Å². The Bertz CT molecular complexity index is 442. The van der Waals surface area contributed by atoms with Gasteiger partial charge in [-0.15, -0.1) is 0 Å². The Morgan fingerprint density at radius 2 is 1.90 bits per heavy atom. The number of carbonyl (C=O) groups is 2. The van der Waals surface area contributed by atoms with Crippen molar-refractivity contribution in [1.82, 2.24) is 4.90 Å². The molecule has 0 fully saturated rings. The minimum Gasteiger partial charge on any atom is -0.482 e. The first kappa shape index (κ1) is 16.0. The first-order valence-corrected chi connectivity index (χ1v) is 6.70. The highest BCUT2D eigenvalue weighted by Crippen LogP contribution is 2.14. The number of nitrogens with zero attached hydrogens (tertiary/aromatic N) is 1. The molecule has 0 saturated carbocycles. The zero-order valence-electron chi connectivity index (χ0n) is 12.0. The fraction of sp³-hybridized carbons (Fsp3) is 0.467. The van der Waals surface area contributed by atoms with Gasteiger partial charge in [0, 0.05) is 20.0 Å². The van der Waals surface area contributed by atoms with Crippen molar-refractivity contribution in [1.29, 1.82) is 0 Å². The molecule has 0 unspecified atom stereocenters. The Hall–Kier alpha value is -2.04. The van der Waals surface area contributed by atoms with Gasteiger partial charge in [-0.05, 0) is 24.1 Å². The van der Waals surface area contributed by atoms with Crippen LogP contribution in [-0.2, 0) is 16.1 Å². The number of hydrogen-bond acceptors (Lipinski definition) is 3. The maximum atomic E-state index is 11.8. The van der Waals surface area contributed by atoms with Crippen LogP contribution in [0.4, 0.5) is 0 Å². The van der Waals surface area contributed by atoms with E-state index in [9.17, 15) is 9.59 Å². The Labute approximate surface area is 119 Å². The molecule has 5 heteroatoms. The topological polar surface area (TPSA) is 66.8 Å². The van der Waals surface area contributed by atoms with Gasteiger partial charge in [0.05, 0.1) is 0 Å². The number of amides is 1. The molecule has 1 N–H and O–H groups in total. The molecule has 1 rings (SSSR count). The number of carbonyl (C=O) groups excluding carboxylic acids is 1. The van der Waals surface area contributed by atoms with Crippen LogP contribution in [0.15, 0.2) is 24.3 Å². The van der Waals surface area contributed by atoms with E-state index in [2.05, 4.69) is 6.92 Å². The maximum absolute atomic E-state index is 11.8. The van der Waals surface area contributed by atoms with E-state index >= 15 is 0 Å². The first-order chi connectivity index (χ1) is 9.52. The highest BCUT2D eigenvalue weighted by Gasteiger charge is 2.08. The quantitative estimate of drug-likeness (QED) is 0.793. The minimum atomic E-state index is -1.00. The second-order valence-corrected chi connectivity index (χ2v) is 4.68. The van der Waals surface area contributed by atoms with Crippen LogP contribution in [0.5, 0.6) is 5.75 Å². The summed E-state index contributed by atoms with van der Waals surface area (Å²) in [5.41, 5.74) is 0.986. The lowest BCUT2D eigenvalue weighted by Gasteiger charge is -2.17. The van der Waals surface area contributed by atoms with Crippen LogP contribution in [0.1, 0.15) is 31.7 Å². The monoisotopic (exact) mass is 279 g/mol. The van der Waals surface area contributed by atoms with Gasteiger partial charge in [-0.25, -0.2) is 4.79 Å². The molecule has 0 bridgehead atoms. The van der Waals surface area contributed by atoms with Crippen molar-refractivity contribution >= 4 is 11.9 Å². The van der Waals surface area contributed by atoms with Gasteiger partial charge in [0.15, 0.2) is 6.61 Å². The second-order valence-electron chi connectivity index (χ2n) is 4.68. The molecule has 0 heterocycles. The van der Waals surface area contributed by atoms with Crippen LogP contribution in [0, 0.1) is 0 Å². The van der Waals surface area contributed by atoms with Crippen LogP contribution >= 0.6 is 0 Å². The number of carboxylic acid groups (broad SMARTS) is 1. The van der Waals surface area contributed by atoms with Crippen molar-refractivity contribution in [3.8, 4) is 5.75 Å². The van der Waals surface area contributed by atoms with Crippen LogP contribution < -0.4 is 4.74 Å². The van der Waals surface area contributed by atoms with Crippen molar-refractivity contribution in [2.45, 2.75) is 32.7 Å². The number of ether oxygens (including phenoxy) is 1. The van der Waals surface area contributed by atoms with Crippen molar-refractivity contribution in [2.75, 3.05) is 13.7 Å². The van der Waals surface area contributed by atoms with E-state index < -0.39 is 5.97 Å². The molecular formula is C15H21NO4. The highest BCUT2D eigenvalue weighted by atomic mass is 16.5. The fourth-order valence-corrected chi connectivity index (χ4v) is 1.72. The smallest absolute Gasteiger partial charge is 0.341 e. The molecule has 1 aromatic carbocycles. The number of hydrogen-bond donors (Lipinski definition) is 1. The van der Waals surface area contributed by atoms with Crippen molar-refractivity contribution in [3.05, 3.63) is 29.8 Å². The van der Waals surface area contributed by atoms with Crippen LogP contribution in [0.3, 0.4) is 0 Å². The minimum absolute atomic E-state index is 0.137. The molecule has 0 aromatic heterocycles. The van der Waals surface area contributed by atoms with Gasteiger partial charge in [0.25, 0.3) is 0 Å². The summed E-state index contributed by atoms with van der Waals surface area (Å²) in [4.78, 5) is 23.9. The standard InChI is InChI=1S/C15H21NO4/c1-3-4-5-14(17)16(2)10-12-6-8-13(9-7-12)20-11-15(18)19/h6-9H,3-5,10-11H2,1-2H3,(H,18,19). The molecular weight excluding hydrogens is 258 g/mol. The summed E-state index contributed by atoms with van der Waals surface area (Å²) in [5.74, 6) is -0.357. The summed E-state index contributed by atoms with van der Waals surface area (Å²) in [6.07, 6.45) is 2.49. The van der Waals surface area contributed by atoms with Crippen LogP contribution in [0.25, 0.3) is 0 Å². The Morgan fingerprint density at radius 1 is 1.25 bits per heavy atom. The predicted molar refractivity (Wildman–Crippen MR) is 75.6 cm³/mol. The molecule has 5 nitrogen and oxygen atoms in total. The van der Waals surface area contributed by atoms with E-state index in [1.807, 2.05) is 12.1 Å². The SMILES string of the molecule is CCCCC(=O)N(C)Cc1ccc(OCC(=O)O)cc1. The largest absolute Gasteiger partial charge is 0.482 e. The van der Waals surface area contributed by atoms with Crippen molar-refractivity contribution in [2.24, 2.45) is 0 Å². The van der Waals surface area contributed by atoms with E-state index in [1.165, 1.54) is 0 Å². The zero-order valence-corrected chi connectivity index (χ0v) is 12.0. The molecule has 0 aliphatic heterocycles. The summed E-state index contributed by atoms with van der Waals surface area (Å²) in [7, 11) is 1.78. The van der Waals surface area contributed by atoms with Gasteiger partial charge in [-0.2, -0.15) is 0 Å². The van der Waals surface area contributed by atoms with E-state index in [0.29, 0.717) is 18.7 Å². The van der Waals surface area contributed by atoms with E-state index in [4.69, 9.17) is 9.84 Å². The van der Waals surface area contributed by atoms with E-state index in [1.54, 1.807) is 24.1 Å². The van der Waals surface area contributed by atoms with Gasteiger partial charge in [-0.1, -0.05) is 25.5 Å². The first-order valence-electron chi connectivity index (χ1n) is 6.70. The summed E-state index contributed by atoms with van der Waals surface area (Å²) in [6.45, 7) is 2.25. The van der Waals surface area contributed by atoms with E-state index in [-0.39, 0.29) is 12.5 Å². The molecule has 1 amide bonds. The lowest BCUT2D eigenvalue weighted by atomic mass is 10.2. The number of rotatable bonds is 8. The summed E-state index contributed by atoms with van der Waals surface area (Å²) in [6, 6.07) is 7.09. The Balaban J connectivity index is 2.48. The van der Waals surface area contributed by atoms with Gasteiger partial charge in [-0.3, -0.25) is 4.79 Å². The van der Waals surface area contributed by atoms with E-state index in [0.717, 1.165) is 18.4 Å². The molecule has 0 radical (unpaired) electrons.